The van der Waals surface area contributed by atoms with Crippen molar-refractivity contribution in [3.8, 4) is 0 Å². The maximum atomic E-state index is 12.5. The lowest BCUT2D eigenvalue weighted by Gasteiger charge is -2.29. The van der Waals surface area contributed by atoms with Crippen LogP contribution in [-0.2, 0) is 26.0 Å². The van der Waals surface area contributed by atoms with Gasteiger partial charge in [-0.2, -0.15) is 0 Å². The van der Waals surface area contributed by atoms with Gasteiger partial charge < -0.3 is 9.72 Å². The Kier molecular flexibility index (Phi) is 6.20. The summed E-state index contributed by atoms with van der Waals surface area (Å²) >= 11 is 0. The fourth-order valence-corrected chi connectivity index (χ4v) is 4.76. The smallest absolute Gasteiger partial charge is 0.309 e. The summed E-state index contributed by atoms with van der Waals surface area (Å²) in [7, 11) is -3.23. The summed E-state index contributed by atoms with van der Waals surface area (Å²) < 4.78 is 30.4. The highest BCUT2D eigenvalue weighted by atomic mass is 32.2. The topological polar surface area (TPSA) is 96.5 Å². The molecule has 1 N–H and O–H groups in total. The third-order valence-corrected chi connectivity index (χ3v) is 7.26. The molecule has 0 unspecified atom stereocenters. The van der Waals surface area contributed by atoms with Gasteiger partial charge in [-0.15, -0.1) is 0 Å². The molecule has 0 spiro atoms. The Morgan fingerprint density at radius 2 is 1.93 bits per heavy atom. The summed E-state index contributed by atoms with van der Waals surface area (Å²) in [5, 5.41) is 0.832. The number of fused-ring (bicyclic) bond motifs is 1. The van der Waals surface area contributed by atoms with E-state index in [4.69, 9.17) is 4.74 Å². The number of benzene rings is 1. The molecule has 2 aromatic rings. The van der Waals surface area contributed by atoms with Gasteiger partial charge in [-0.05, 0) is 31.7 Å². The van der Waals surface area contributed by atoms with Crippen LogP contribution in [0, 0.1) is 5.92 Å². The largest absolute Gasteiger partial charge is 0.457 e. The van der Waals surface area contributed by atoms with E-state index in [0.29, 0.717) is 31.5 Å². The number of esters is 1. The molecule has 1 aliphatic rings. The standard InChI is InChI=1S/C20H26N2O5S/c1-3-14-6-5-7-16-17(12-21-19(14)16)18(23)13-27-20(24)15-8-10-22(11-9-15)28(25,26)4-2/h5-7,12,15,21H,3-4,8-11,13H2,1-2H3. The van der Waals surface area contributed by atoms with Crippen LogP contribution in [0.4, 0.5) is 0 Å². The Balaban J connectivity index is 1.58. The highest BCUT2D eigenvalue weighted by Crippen LogP contribution is 2.24. The number of nitrogens with one attached hydrogen (secondary N) is 1. The van der Waals surface area contributed by atoms with Gasteiger partial charge in [0.05, 0.1) is 11.7 Å². The Morgan fingerprint density at radius 1 is 1.21 bits per heavy atom. The van der Waals surface area contributed by atoms with E-state index in [1.165, 1.54) is 4.31 Å². The molecular formula is C20H26N2O5S. The minimum atomic E-state index is -3.23. The van der Waals surface area contributed by atoms with E-state index in [1.54, 1.807) is 13.1 Å². The van der Waals surface area contributed by atoms with Crippen LogP contribution in [0.25, 0.3) is 10.9 Å². The number of hydrogen-bond acceptors (Lipinski definition) is 5. The van der Waals surface area contributed by atoms with Crippen molar-refractivity contribution in [3.05, 3.63) is 35.5 Å². The molecule has 1 aliphatic heterocycles. The summed E-state index contributed by atoms with van der Waals surface area (Å²) in [6.45, 7) is 3.97. The van der Waals surface area contributed by atoms with Gasteiger partial charge in [0.15, 0.2) is 6.61 Å². The van der Waals surface area contributed by atoms with Crippen LogP contribution in [0.3, 0.4) is 0 Å². The van der Waals surface area contributed by atoms with E-state index in [9.17, 15) is 18.0 Å². The molecule has 28 heavy (non-hydrogen) atoms. The molecule has 0 atom stereocenters. The SMILES string of the molecule is CCc1cccc2c(C(=O)COC(=O)C3CCN(S(=O)(=O)CC)CC3)c[nH]c12. The number of piperidine rings is 1. The lowest BCUT2D eigenvalue weighted by atomic mass is 9.98. The summed E-state index contributed by atoms with van der Waals surface area (Å²) in [5.74, 6) is -0.998. The number of aromatic amines is 1. The first-order chi connectivity index (χ1) is 13.4. The first-order valence-electron chi connectivity index (χ1n) is 9.64. The number of aryl methyl sites for hydroxylation is 1. The van der Waals surface area contributed by atoms with Gasteiger partial charge in [0.1, 0.15) is 0 Å². The minimum absolute atomic E-state index is 0.0565. The first kappa shape index (κ1) is 20.5. The number of ether oxygens (including phenoxy) is 1. The van der Waals surface area contributed by atoms with Crippen LogP contribution in [0.15, 0.2) is 24.4 Å². The highest BCUT2D eigenvalue weighted by Gasteiger charge is 2.31. The third kappa shape index (κ3) is 4.12. The van der Waals surface area contributed by atoms with Crippen LogP contribution in [0.1, 0.15) is 42.6 Å². The molecule has 7 nitrogen and oxygen atoms in total. The maximum Gasteiger partial charge on any atom is 0.309 e. The number of Topliss-reactive ketones (excluding diaryl/α,β-unsaturated/α-hetero) is 1. The van der Waals surface area contributed by atoms with Crippen molar-refractivity contribution in [2.75, 3.05) is 25.4 Å². The Hall–Kier alpha value is -2.19. The lowest BCUT2D eigenvalue weighted by Crippen LogP contribution is -2.41. The van der Waals surface area contributed by atoms with Crippen LogP contribution in [-0.4, -0.2) is 54.9 Å². The molecule has 152 valence electrons. The summed E-state index contributed by atoms with van der Waals surface area (Å²) in [5.41, 5.74) is 2.58. The van der Waals surface area contributed by atoms with Gasteiger partial charge in [0, 0.05) is 35.8 Å². The summed E-state index contributed by atoms with van der Waals surface area (Å²) in [6, 6.07) is 5.80. The number of nitrogens with zero attached hydrogens (tertiary/aromatic N) is 1. The Labute approximate surface area is 165 Å². The number of ketones is 1. The maximum absolute atomic E-state index is 12.5. The highest BCUT2D eigenvalue weighted by molar-refractivity contribution is 7.89. The summed E-state index contributed by atoms with van der Waals surface area (Å²) in [6.07, 6.45) is 3.35. The molecule has 0 aliphatic carbocycles. The first-order valence-corrected chi connectivity index (χ1v) is 11.2. The van der Waals surface area contributed by atoms with Crippen molar-refractivity contribution in [1.82, 2.24) is 9.29 Å². The molecule has 1 saturated heterocycles. The van der Waals surface area contributed by atoms with Gasteiger partial charge in [-0.25, -0.2) is 12.7 Å². The van der Waals surface area contributed by atoms with E-state index in [0.717, 1.165) is 22.9 Å². The second kappa shape index (κ2) is 8.45. The molecule has 2 heterocycles. The van der Waals surface area contributed by atoms with Gasteiger partial charge in [-0.1, -0.05) is 25.1 Å². The molecule has 0 saturated carbocycles. The van der Waals surface area contributed by atoms with Crippen molar-refractivity contribution >= 4 is 32.7 Å². The van der Waals surface area contributed by atoms with E-state index >= 15 is 0 Å². The van der Waals surface area contributed by atoms with Crippen molar-refractivity contribution in [1.29, 1.82) is 0 Å². The Morgan fingerprint density at radius 3 is 2.57 bits per heavy atom. The number of carbonyl (C=O) groups is 2. The molecule has 0 bridgehead atoms. The summed E-state index contributed by atoms with van der Waals surface area (Å²) in [4.78, 5) is 28.0. The van der Waals surface area contributed by atoms with E-state index < -0.39 is 16.0 Å². The van der Waals surface area contributed by atoms with Crippen molar-refractivity contribution in [2.45, 2.75) is 33.1 Å². The minimum Gasteiger partial charge on any atom is -0.457 e. The molecular weight excluding hydrogens is 380 g/mol. The predicted octanol–water partition coefficient (Wildman–Crippen LogP) is 2.52. The third-order valence-electron chi connectivity index (χ3n) is 5.37. The number of aromatic nitrogens is 1. The van der Waals surface area contributed by atoms with Crippen LogP contribution in [0.2, 0.25) is 0 Å². The van der Waals surface area contributed by atoms with Crippen LogP contribution >= 0.6 is 0 Å². The second-order valence-electron chi connectivity index (χ2n) is 7.00. The van der Waals surface area contributed by atoms with Gasteiger partial charge in [0.25, 0.3) is 0 Å². The number of para-hydroxylation sites is 1. The molecule has 0 amide bonds. The predicted molar refractivity (Wildman–Crippen MR) is 107 cm³/mol. The van der Waals surface area contributed by atoms with E-state index in [2.05, 4.69) is 11.9 Å². The fraction of sp³-hybridized carbons (Fsp3) is 0.500. The van der Waals surface area contributed by atoms with E-state index in [-0.39, 0.29) is 24.1 Å². The van der Waals surface area contributed by atoms with Crippen molar-refractivity contribution < 1.29 is 22.7 Å². The van der Waals surface area contributed by atoms with Crippen molar-refractivity contribution in [2.24, 2.45) is 5.92 Å². The van der Waals surface area contributed by atoms with Gasteiger partial charge >= 0.3 is 5.97 Å². The molecule has 1 aromatic heterocycles. The monoisotopic (exact) mass is 406 g/mol. The molecule has 1 aromatic carbocycles. The molecule has 0 radical (unpaired) electrons. The van der Waals surface area contributed by atoms with Crippen LogP contribution < -0.4 is 0 Å². The van der Waals surface area contributed by atoms with Gasteiger partial charge in [0.2, 0.25) is 15.8 Å². The molecule has 1 fully saturated rings. The molecule has 3 rings (SSSR count). The molecule has 8 heteroatoms. The van der Waals surface area contributed by atoms with Gasteiger partial charge in [-0.3, -0.25) is 9.59 Å². The number of rotatable bonds is 7. The number of H-pyrrole nitrogens is 1. The fourth-order valence-electron chi connectivity index (χ4n) is 3.63. The van der Waals surface area contributed by atoms with Crippen molar-refractivity contribution in [3.63, 3.8) is 0 Å². The normalized spacial score (nSPS) is 16.4. The average molecular weight is 407 g/mol. The zero-order valence-corrected chi connectivity index (χ0v) is 17.0. The zero-order chi connectivity index (χ0) is 20.3. The number of sulfonamides is 1. The zero-order valence-electron chi connectivity index (χ0n) is 16.2. The number of hydrogen-bond donors (Lipinski definition) is 1. The van der Waals surface area contributed by atoms with E-state index in [1.807, 2.05) is 18.2 Å². The quantitative estimate of drug-likeness (QED) is 0.563. The average Bonchev–Trinajstić information content (AvgIpc) is 3.16. The van der Waals surface area contributed by atoms with Crippen LogP contribution in [0.5, 0.6) is 0 Å². The lowest BCUT2D eigenvalue weighted by molar-refractivity contribution is -0.148. The number of carbonyl (C=O) groups excluding carboxylic acids is 2. The second-order valence-corrected chi connectivity index (χ2v) is 9.26. The Bertz CT molecular complexity index is 972.